The SMILES string of the molecule is CCc1ccc(NCc2ccc(Br)cn2)cc1[N+](=O)[O-]. The van der Waals surface area contributed by atoms with Crippen LogP contribution in [0.5, 0.6) is 0 Å². The van der Waals surface area contributed by atoms with Gasteiger partial charge in [0.15, 0.2) is 0 Å². The molecule has 2 rings (SSSR count). The van der Waals surface area contributed by atoms with Crippen LogP contribution in [0.15, 0.2) is 41.0 Å². The average Bonchev–Trinajstić information content (AvgIpc) is 2.46. The van der Waals surface area contributed by atoms with Gasteiger partial charge in [-0.15, -0.1) is 0 Å². The summed E-state index contributed by atoms with van der Waals surface area (Å²) in [6, 6.07) is 9.01. The van der Waals surface area contributed by atoms with Gasteiger partial charge in [0.25, 0.3) is 5.69 Å². The maximum atomic E-state index is 11.0. The van der Waals surface area contributed by atoms with Crippen molar-refractivity contribution in [2.75, 3.05) is 5.32 Å². The number of hydrogen-bond acceptors (Lipinski definition) is 4. The lowest BCUT2D eigenvalue weighted by Gasteiger charge is -2.07. The molecular formula is C14H14BrN3O2. The summed E-state index contributed by atoms with van der Waals surface area (Å²) in [5.41, 5.74) is 2.48. The fourth-order valence-electron chi connectivity index (χ4n) is 1.85. The third-order valence-electron chi connectivity index (χ3n) is 2.93. The summed E-state index contributed by atoms with van der Waals surface area (Å²) in [7, 11) is 0. The number of hydrogen-bond donors (Lipinski definition) is 1. The Morgan fingerprint density at radius 2 is 2.15 bits per heavy atom. The number of nitrogens with one attached hydrogen (secondary N) is 1. The summed E-state index contributed by atoms with van der Waals surface area (Å²) >= 11 is 3.32. The van der Waals surface area contributed by atoms with Crippen molar-refractivity contribution in [2.24, 2.45) is 0 Å². The lowest BCUT2D eigenvalue weighted by Crippen LogP contribution is -2.03. The molecule has 0 aliphatic rings. The molecule has 0 unspecified atom stereocenters. The van der Waals surface area contributed by atoms with Gasteiger partial charge in [0.05, 0.1) is 17.2 Å². The van der Waals surface area contributed by atoms with E-state index in [-0.39, 0.29) is 10.6 Å². The first-order valence-corrected chi connectivity index (χ1v) is 7.01. The van der Waals surface area contributed by atoms with E-state index >= 15 is 0 Å². The van der Waals surface area contributed by atoms with Gasteiger partial charge in [-0.2, -0.15) is 0 Å². The zero-order valence-corrected chi connectivity index (χ0v) is 12.6. The Balaban J connectivity index is 2.11. The van der Waals surface area contributed by atoms with Gasteiger partial charge < -0.3 is 5.32 Å². The van der Waals surface area contributed by atoms with Crippen molar-refractivity contribution in [1.82, 2.24) is 4.98 Å². The van der Waals surface area contributed by atoms with E-state index in [4.69, 9.17) is 0 Å². The van der Waals surface area contributed by atoms with Gasteiger partial charge in [0.1, 0.15) is 0 Å². The highest BCUT2D eigenvalue weighted by molar-refractivity contribution is 9.10. The molecule has 20 heavy (non-hydrogen) atoms. The predicted molar refractivity (Wildman–Crippen MR) is 81.7 cm³/mol. The number of nitro benzene ring substituents is 1. The normalized spacial score (nSPS) is 10.3. The summed E-state index contributed by atoms with van der Waals surface area (Å²) in [5, 5.41) is 14.1. The van der Waals surface area contributed by atoms with Gasteiger partial charge in [0.2, 0.25) is 0 Å². The molecule has 0 saturated heterocycles. The van der Waals surface area contributed by atoms with E-state index in [2.05, 4.69) is 26.2 Å². The molecule has 1 aromatic heterocycles. The minimum absolute atomic E-state index is 0.154. The number of benzene rings is 1. The van der Waals surface area contributed by atoms with Crippen LogP contribution in [-0.4, -0.2) is 9.91 Å². The fraction of sp³-hybridized carbons (Fsp3) is 0.214. The summed E-state index contributed by atoms with van der Waals surface area (Å²) in [5.74, 6) is 0. The topological polar surface area (TPSA) is 68.1 Å². The first kappa shape index (κ1) is 14.5. The molecule has 1 aromatic carbocycles. The number of pyridine rings is 1. The van der Waals surface area contributed by atoms with Crippen molar-refractivity contribution < 1.29 is 4.92 Å². The second kappa shape index (κ2) is 6.47. The van der Waals surface area contributed by atoms with Crippen LogP contribution in [0.25, 0.3) is 0 Å². The van der Waals surface area contributed by atoms with Crippen LogP contribution >= 0.6 is 15.9 Å². The van der Waals surface area contributed by atoms with Crippen LogP contribution in [0.4, 0.5) is 11.4 Å². The molecule has 0 bridgehead atoms. The van der Waals surface area contributed by atoms with Crippen molar-refractivity contribution in [1.29, 1.82) is 0 Å². The van der Waals surface area contributed by atoms with Crippen molar-refractivity contribution in [3.05, 3.63) is 62.4 Å². The maximum Gasteiger partial charge on any atom is 0.274 e. The van der Waals surface area contributed by atoms with Crippen LogP contribution in [0.3, 0.4) is 0 Å². The van der Waals surface area contributed by atoms with Crippen LogP contribution in [0, 0.1) is 10.1 Å². The number of nitrogens with zero attached hydrogens (tertiary/aromatic N) is 2. The molecule has 2 aromatic rings. The Hall–Kier alpha value is -1.95. The summed E-state index contributed by atoms with van der Waals surface area (Å²) in [6.07, 6.45) is 2.37. The number of aromatic nitrogens is 1. The molecule has 0 fully saturated rings. The summed E-state index contributed by atoms with van der Waals surface area (Å²) < 4.78 is 0.921. The number of nitro groups is 1. The number of anilines is 1. The van der Waals surface area contributed by atoms with E-state index in [0.29, 0.717) is 13.0 Å². The zero-order valence-electron chi connectivity index (χ0n) is 11.0. The minimum Gasteiger partial charge on any atom is -0.379 e. The molecule has 104 valence electrons. The molecular weight excluding hydrogens is 322 g/mol. The summed E-state index contributed by atoms with van der Waals surface area (Å²) in [6.45, 7) is 2.43. The van der Waals surface area contributed by atoms with E-state index in [1.807, 2.05) is 25.1 Å². The Labute approximate surface area is 125 Å². The van der Waals surface area contributed by atoms with Crippen molar-refractivity contribution in [3.8, 4) is 0 Å². The monoisotopic (exact) mass is 335 g/mol. The standard InChI is InChI=1S/C14H14BrN3O2/c1-2-10-3-5-12(7-14(10)18(19)20)17-9-13-6-4-11(15)8-16-13/h3-8,17H,2,9H2,1H3. The van der Waals surface area contributed by atoms with Gasteiger partial charge in [0, 0.05) is 28.0 Å². The third kappa shape index (κ3) is 3.54. The van der Waals surface area contributed by atoms with Gasteiger partial charge in [-0.25, -0.2) is 0 Å². The fourth-order valence-corrected chi connectivity index (χ4v) is 2.08. The second-order valence-corrected chi connectivity index (χ2v) is 5.19. The van der Waals surface area contributed by atoms with Gasteiger partial charge in [-0.1, -0.05) is 13.0 Å². The molecule has 1 heterocycles. The quantitative estimate of drug-likeness (QED) is 0.664. The Morgan fingerprint density at radius 3 is 2.75 bits per heavy atom. The molecule has 0 aliphatic carbocycles. The van der Waals surface area contributed by atoms with E-state index in [9.17, 15) is 10.1 Å². The Morgan fingerprint density at radius 1 is 1.35 bits per heavy atom. The van der Waals surface area contributed by atoms with E-state index in [1.54, 1.807) is 18.3 Å². The molecule has 0 saturated carbocycles. The van der Waals surface area contributed by atoms with Crippen molar-refractivity contribution in [3.63, 3.8) is 0 Å². The zero-order chi connectivity index (χ0) is 14.5. The lowest BCUT2D eigenvalue weighted by molar-refractivity contribution is -0.385. The number of rotatable bonds is 5. The van der Waals surface area contributed by atoms with Crippen molar-refractivity contribution >= 4 is 27.3 Å². The van der Waals surface area contributed by atoms with Crippen LogP contribution in [-0.2, 0) is 13.0 Å². The number of halogens is 1. The third-order valence-corrected chi connectivity index (χ3v) is 3.39. The highest BCUT2D eigenvalue weighted by atomic mass is 79.9. The van der Waals surface area contributed by atoms with Crippen LogP contribution < -0.4 is 5.32 Å². The minimum atomic E-state index is -0.345. The first-order chi connectivity index (χ1) is 9.60. The molecule has 5 nitrogen and oxygen atoms in total. The molecule has 0 aliphatic heterocycles. The summed E-state index contributed by atoms with van der Waals surface area (Å²) in [4.78, 5) is 14.9. The van der Waals surface area contributed by atoms with Crippen LogP contribution in [0.1, 0.15) is 18.2 Å². The van der Waals surface area contributed by atoms with Crippen molar-refractivity contribution in [2.45, 2.75) is 19.9 Å². The maximum absolute atomic E-state index is 11.0. The second-order valence-electron chi connectivity index (χ2n) is 4.28. The van der Waals surface area contributed by atoms with Gasteiger partial charge in [-0.3, -0.25) is 15.1 Å². The first-order valence-electron chi connectivity index (χ1n) is 6.21. The molecule has 0 amide bonds. The molecule has 6 heteroatoms. The average molecular weight is 336 g/mol. The predicted octanol–water partition coefficient (Wildman–Crippen LogP) is 3.93. The molecule has 0 radical (unpaired) electrons. The van der Waals surface area contributed by atoms with Gasteiger partial charge >= 0.3 is 0 Å². The van der Waals surface area contributed by atoms with E-state index in [0.717, 1.165) is 21.4 Å². The smallest absolute Gasteiger partial charge is 0.274 e. The largest absolute Gasteiger partial charge is 0.379 e. The molecule has 0 atom stereocenters. The van der Waals surface area contributed by atoms with E-state index in [1.165, 1.54) is 0 Å². The highest BCUT2D eigenvalue weighted by Crippen LogP contribution is 2.24. The van der Waals surface area contributed by atoms with Crippen LogP contribution in [0.2, 0.25) is 0 Å². The molecule has 0 spiro atoms. The molecule has 1 N–H and O–H groups in total. The lowest BCUT2D eigenvalue weighted by atomic mass is 10.1. The van der Waals surface area contributed by atoms with E-state index < -0.39 is 0 Å². The highest BCUT2D eigenvalue weighted by Gasteiger charge is 2.12. The van der Waals surface area contributed by atoms with Gasteiger partial charge in [-0.05, 0) is 40.5 Å². The Bertz CT molecular complexity index is 614. The Kier molecular flexibility index (Phi) is 4.68. The number of aryl methyl sites for hydroxylation is 1.